The lowest BCUT2D eigenvalue weighted by atomic mass is 9.77. The predicted molar refractivity (Wildman–Crippen MR) is 96.0 cm³/mol. The molecule has 0 radical (unpaired) electrons. The van der Waals surface area contributed by atoms with Gasteiger partial charge in [-0.3, -0.25) is 0 Å². The minimum atomic E-state index is 0.110. The Morgan fingerprint density at radius 1 is 1.05 bits per heavy atom. The molecule has 0 aromatic carbocycles. The van der Waals surface area contributed by atoms with Crippen molar-refractivity contribution in [3.63, 3.8) is 0 Å². The molecule has 21 heavy (non-hydrogen) atoms. The second kappa shape index (κ2) is 9.70. The van der Waals surface area contributed by atoms with Gasteiger partial charge in [-0.05, 0) is 12.8 Å². The van der Waals surface area contributed by atoms with E-state index in [9.17, 15) is 0 Å². The number of rotatable bonds is 11. The van der Waals surface area contributed by atoms with E-state index in [1.165, 1.54) is 57.8 Å². The average molecular weight is 407 g/mol. The quantitative estimate of drug-likeness (QED) is 0.329. The Morgan fingerprint density at radius 2 is 1.67 bits per heavy atom. The zero-order chi connectivity index (χ0) is 15.7. The molecule has 0 spiro atoms. The SMILES string of the molecule is CCCCCCCC(C)(CCCC)c1nc(OC)oc1I. The van der Waals surface area contributed by atoms with E-state index in [0.29, 0.717) is 6.08 Å². The van der Waals surface area contributed by atoms with Crippen molar-refractivity contribution in [2.75, 3.05) is 7.11 Å². The number of nitrogens with zero attached hydrogens (tertiary/aromatic N) is 1. The summed E-state index contributed by atoms with van der Waals surface area (Å²) in [5.41, 5.74) is 1.20. The highest BCUT2D eigenvalue weighted by atomic mass is 127. The molecule has 3 nitrogen and oxygen atoms in total. The summed E-state index contributed by atoms with van der Waals surface area (Å²) in [6, 6.07) is 0. The van der Waals surface area contributed by atoms with Crippen LogP contribution in [-0.4, -0.2) is 12.1 Å². The van der Waals surface area contributed by atoms with Crippen molar-refractivity contribution in [3.05, 3.63) is 9.46 Å². The van der Waals surface area contributed by atoms with E-state index in [0.717, 1.165) is 9.46 Å². The van der Waals surface area contributed by atoms with Crippen molar-refractivity contribution in [3.8, 4) is 6.08 Å². The zero-order valence-corrected chi connectivity index (χ0v) is 16.2. The molecule has 0 amide bonds. The molecule has 4 heteroatoms. The summed E-state index contributed by atoms with van der Waals surface area (Å²) in [7, 11) is 1.61. The normalized spacial score (nSPS) is 14.1. The standard InChI is InChI=1S/C17H30INO2/c1-5-7-9-10-11-13-17(3,12-8-6-2)14-15(18)21-16(19-14)20-4/h5-13H2,1-4H3. The number of aromatic nitrogens is 1. The number of unbranched alkanes of at least 4 members (excludes halogenated alkanes) is 5. The summed E-state index contributed by atoms with van der Waals surface area (Å²) in [4.78, 5) is 4.57. The van der Waals surface area contributed by atoms with E-state index in [1.54, 1.807) is 7.11 Å². The summed E-state index contributed by atoms with van der Waals surface area (Å²) >= 11 is 2.25. The van der Waals surface area contributed by atoms with Crippen LogP contribution in [0.5, 0.6) is 6.08 Å². The highest BCUT2D eigenvalue weighted by Crippen LogP contribution is 2.38. The topological polar surface area (TPSA) is 35.3 Å². The molecule has 0 saturated heterocycles. The van der Waals surface area contributed by atoms with Crippen molar-refractivity contribution >= 4 is 22.6 Å². The maximum Gasteiger partial charge on any atom is 0.394 e. The Bertz CT molecular complexity index is 405. The summed E-state index contributed by atoms with van der Waals surface area (Å²) < 4.78 is 11.6. The van der Waals surface area contributed by atoms with Crippen LogP contribution < -0.4 is 4.74 Å². The molecule has 0 fully saturated rings. The lowest BCUT2D eigenvalue weighted by molar-refractivity contribution is 0.283. The molecule has 1 rings (SSSR count). The molecule has 1 heterocycles. The molecule has 0 N–H and O–H groups in total. The summed E-state index contributed by atoms with van der Waals surface area (Å²) in [6.07, 6.45) is 11.8. The average Bonchev–Trinajstić information content (AvgIpc) is 2.87. The van der Waals surface area contributed by atoms with Crippen molar-refractivity contribution in [2.45, 2.75) is 84.0 Å². The Balaban J connectivity index is 2.74. The van der Waals surface area contributed by atoms with Crippen LogP contribution in [0.2, 0.25) is 0 Å². The van der Waals surface area contributed by atoms with Crippen LogP contribution in [0, 0.1) is 3.77 Å². The van der Waals surface area contributed by atoms with Crippen LogP contribution in [0.3, 0.4) is 0 Å². The lowest BCUT2D eigenvalue weighted by Crippen LogP contribution is -2.23. The van der Waals surface area contributed by atoms with Crippen molar-refractivity contribution in [1.29, 1.82) is 0 Å². The predicted octanol–water partition coefficient (Wildman–Crippen LogP) is 6.10. The lowest BCUT2D eigenvalue weighted by Gasteiger charge is -2.28. The Hall–Kier alpha value is -0.260. The van der Waals surface area contributed by atoms with Gasteiger partial charge in [-0.25, -0.2) is 0 Å². The summed E-state index contributed by atoms with van der Waals surface area (Å²) in [5.74, 6) is 0. The van der Waals surface area contributed by atoms with Gasteiger partial charge in [0.05, 0.1) is 7.11 Å². The zero-order valence-electron chi connectivity index (χ0n) is 14.0. The first kappa shape index (κ1) is 18.8. The van der Waals surface area contributed by atoms with Crippen molar-refractivity contribution in [1.82, 2.24) is 4.98 Å². The van der Waals surface area contributed by atoms with Gasteiger partial charge in [-0.1, -0.05) is 65.7 Å². The third-order valence-electron chi connectivity index (χ3n) is 4.23. The van der Waals surface area contributed by atoms with E-state index in [1.807, 2.05) is 0 Å². The smallest absolute Gasteiger partial charge is 0.394 e. The van der Waals surface area contributed by atoms with Crippen LogP contribution in [0.4, 0.5) is 0 Å². The third-order valence-corrected chi connectivity index (χ3v) is 4.96. The third kappa shape index (κ3) is 5.80. The van der Waals surface area contributed by atoms with Crippen molar-refractivity contribution in [2.24, 2.45) is 0 Å². The molecule has 1 unspecified atom stereocenters. The molecule has 0 saturated carbocycles. The second-order valence-corrected chi connectivity index (χ2v) is 7.11. The second-order valence-electron chi connectivity index (χ2n) is 6.13. The monoisotopic (exact) mass is 407 g/mol. The van der Waals surface area contributed by atoms with Crippen LogP contribution in [-0.2, 0) is 5.41 Å². The molecule has 0 aliphatic heterocycles. The van der Waals surface area contributed by atoms with Gasteiger partial charge >= 0.3 is 6.08 Å². The Labute approximate surface area is 143 Å². The van der Waals surface area contributed by atoms with Gasteiger partial charge < -0.3 is 9.15 Å². The summed E-state index contributed by atoms with van der Waals surface area (Å²) in [5, 5.41) is 0. The number of halogens is 1. The van der Waals surface area contributed by atoms with Gasteiger partial charge in [0.2, 0.25) is 0 Å². The fourth-order valence-corrected chi connectivity index (χ4v) is 3.75. The molecule has 1 aromatic rings. The van der Waals surface area contributed by atoms with E-state index < -0.39 is 0 Å². The van der Waals surface area contributed by atoms with Gasteiger partial charge in [-0.2, -0.15) is 4.98 Å². The minimum absolute atomic E-state index is 0.110. The first-order valence-electron chi connectivity index (χ1n) is 8.28. The molecular formula is C17H30INO2. The van der Waals surface area contributed by atoms with E-state index in [4.69, 9.17) is 9.15 Å². The number of hydrogen-bond acceptors (Lipinski definition) is 3. The highest BCUT2D eigenvalue weighted by Gasteiger charge is 2.32. The van der Waals surface area contributed by atoms with E-state index in [2.05, 4.69) is 48.3 Å². The first-order valence-corrected chi connectivity index (χ1v) is 9.36. The van der Waals surface area contributed by atoms with Gasteiger partial charge in [0.25, 0.3) is 0 Å². The fourth-order valence-electron chi connectivity index (χ4n) is 2.79. The van der Waals surface area contributed by atoms with Crippen LogP contribution in [0.15, 0.2) is 4.42 Å². The minimum Gasteiger partial charge on any atom is -0.453 e. The number of hydrogen-bond donors (Lipinski definition) is 0. The Morgan fingerprint density at radius 3 is 2.24 bits per heavy atom. The number of methoxy groups -OCH3 is 1. The molecule has 0 bridgehead atoms. The molecule has 1 aromatic heterocycles. The molecule has 0 aliphatic rings. The van der Waals surface area contributed by atoms with Crippen molar-refractivity contribution < 1.29 is 9.15 Å². The fraction of sp³-hybridized carbons (Fsp3) is 0.824. The van der Waals surface area contributed by atoms with E-state index >= 15 is 0 Å². The Kier molecular flexibility index (Phi) is 8.67. The highest BCUT2D eigenvalue weighted by molar-refractivity contribution is 14.1. The van der Waals surface area contributed by atoms with Crippen LogP contribution >= 0.6 is 22.6 Å². The maximum atomic E-state index is 5.59. The van der Waals surface area contributed by atoms with Crippen LogP contribution in [0.1, 0.15) is 84.3 Å². The molecule has 122 valence electrons. The number of ether oxygens (including phenoxy) is 1. The molecule has 0 aliphatic carbocycles. The molecular weight excluding hydrogens is 377 g/mol. The maximum absolute atomic E-state index is 5.59. The van der Waals surface area contributed by atoms with E-state index in [-0.39, 0.29) is 5.41 Å². The van der Waals surface area contributed by atoms with Gasteiger partial charge in [-0.15, -0.1) is 0 Å². The van der Waals surface area contributed by atoms with Gasteiger partial charge in [0, 0.05) is 28.0 Å². The molecule has 1 atom stereocenters. The summed E-state index contributed by atoms with van der Waals surface area (Å²) in [6.45, 7) is 6.84. The van der Waals surface area contributed by atoms with Gasteiger partial charge in [0.1, 0.15) is 5.69 Å². The number of oxazole rings is 1. The van der Waals surface area contributed by atoms with Crippen LogP contribution in [0.25, 0.3) is 0 Å². The first-order chi connectivity index (χ1) is 10.1. The van der Waals surface area contributed by atoms with Gasteiger partial charge in [0.15, 0.2) is 3.77 Å². The largest absolute Gasteiger partial charge is 0.453 e.